The number of amides is 2. The van der Waals surface area contributed by atoms with Gasteiger partial charge in [-0.15, -0.1) is 0 Å². The van der Waals surface area contributed by atoms with Crippen molar-refractivity contribution in [2.24, 2.45) is 5.41 Å². The average Bonchev–Trinajstić information content (AvgIpc) is 2.85. The van der Waals surface area contributed by atoms with Crippen molar-refractivity contribution in [1.82, 2.24) is 9.80 Å². The topological polar surface area (TPSA) is 60.9 Å². The molecule has 2 heterocycles. The van der Waals surface area contributed by atoms with Crippen molar-refractivity contribution in [3.63, 3.8) is 0 Å². The number of halogens is 3. The third kappa shape index (κ3) is 2.55. The van der Waals surface area contributed by atoms with Gasteiger partial charge in [0.05, 0.1) is 0 Å². The van der Waals surface area contributed by atoms with Gasteiger partial charge >= 0.3 is 18.2 Å². The second kappa shape index (κ2) is 5.34. The molecule has 0 aromatic rings. The molecule has 9 heteroatoms. The van der Waals surface area contributed by atoms with Crippen molar-refractivity contribution in [2.75, 3.05) is 37.7 Å². The maximum atomic E-state index is 13.0. The van der Waals surface area contributed by atoms with Gasteiger partial charge in [-0.1, -0.05) is 0 Å². The van der Waals surface area contributed by atoms with E-state index in [1.54, 1.807) is 11.8 Å². The first kappa shape index (κ1) is 15.3. The highest BCUT2D eigenvalue weighted by atomic mass is 32.2. The molecule has 2 fully saturated rings. The highest BCUT2D eigenvalue weighted by Crippen LogP contribution is 2.45. The van der Waals surface area contributed by atoms with Gasteiger partial charge in [-0.2, -0.15) is 24.9 Å². The van der Waals surface area contributed by atoms with Crippen LogP contribution >= 0.6 is 11.8 Å². The molecule has 2 aliphatic rings. The first-order chi connectivity index (χ1) is 9.28. The lowest BCUT2D eigenvalue weighted by atomic mass is 9.86. The summed E-state index contributed by atoms with van der Waals surface area (Å²) in [5.41, 5.74) is -2.83. The highest BCUT2D eigenvalue weighted by molar-refractivity contribution is 7.99. The molecule has 2 aliphatic heterocycles. The number of aliphatic carboxylic acids is 1. The summed E-state index contributed by atoms with van der Waals surface area (Å²) in [5.74, 6) is -0.402. The second-order valence-corrected chi connectivity index (χ2v) is 6.16. The van der Waals surface area contributed by atoms with Crippen molar-refractivity contribution in [3.05, 3.63) is 0 Å². The van der Waals surface area contributed by atoms with Crippen LogP contribution in [0.3, 0.4) is 0 Å². The molecule has 0 aliphatic carbocycles. The molecule has 0 spiro atoms. The van der Waals surface area contributed by atoms with Gasteiger partial charge in [0.1, 0.15) is 0 Å². The Balaban J connectivity index is 2.10. The molecule has 114 valence electrons. The number of carboxylic acids is 1. The zero-order chi connectivity index (χ0) is 15.0. The molecule has 1 unspecified atom stereocenters. The number of carboxylic acid groups (broad SMARTS) is 1. The van der Waals surface area contributed by atoms with E-state index < -0.39 is 36.6 Å². The predicted octanol–water partition coefficient (Wildman–Crippen LogP) is 1.49. The minimum atomic E-state index is -4.86. The summed E-state index contributed by atoms with van der Waals surface area (Å²) in [6.45, 7) is 0.0147. The summed E-state index contributed by atoms with van der Waals surface area (Å²) >= 11 is 1.68. The van der Waals surface area contributed by atoms with E-state index in [1.165, 1.54) is 4.90 Å². The number of hydrogen-bond acceptors (Lipinski definition) is 3. The van der Waals surface area contributed by atoms with Crippen LogP contribution < -0.4 is 0 Å². The van der Waals surface area contributed by atoms with Crippen LogP contribution in [-0.2, 0) is 4.79 Å². The van der Waals surface area contributed by atoms with Gasteiger partial charge < -0.3 is 14.9 Å². The quantitative estimate of drug-likeness (QED) is 0.797. The third-order valence-electron chi connectivity index (χ3n) is 3.77. The first-order valence-electron chi connectivity index (χ1n) is 6.20. The van der Waals surface area contributed by atoms with Crippen molar-refractivity contribution in [3.8, 4) is 0 Å². The van der Waals surface area contributed by atoms with E-state index in [1.807, 2.05) is 0 Å². The Morgan fingerprint density at radius 3 is 2.15 bits per heavy atom. The number of nitrogens with zero attached hydrogens (tertiary/aromatic N) is 2. The van der Waals surface area contributed by atoms with Crippen molar-refractivity contribution in [1.29, 1.82) is 0 Å². The Morgan fingerprint density at radius 2 is 1.70 bits per heavy atom. The molecule has 2 saturated heterocycles. The summed E-state index contributed by atoms with van der Waals surface area (Å²) in [6.07, 6.45) is -5.44. The Hall–Kier alpha value is -1.12. The van der Waals surface area contributed by atoms with Crippen molar-refractivity contribution >= 4 is 23.8 Å². The zero-order valence-electron chi connectivity index (χ0n) is 10.7. The monoisotopic (exact) mass is 312 g/mol. The molecule has 0 aromatic carbocycles. The molecule has 2 amide bonds. The zero-order valence-corrected chi connectivity index (χ0v) is 11.5. The summed E-state index contributed by atoms with van der Waals surface area (Å²) in [5, 5.41) is 8.93. The molecule has 2 rings (SSSR count). The Labute approximate surface area is 118 Å². The molecule has 0 bridgehead atoms. The van der Waals surface area contributed by atoms with Gasteiger partial charge in [-0.3, -0.25) is 4.79 Å². The number of rotatable bonds is 1. The number of thioether (sulfide) groups is 1. The molecule has 1 atom stereocenters. The number of hydrogen-bond donors (Lipinski definition) is 1. The average molecular weight is 312 g/mol. The largest absolute Gasteiger partial charge is 0.481 e. The third-order valence-corrected chi connectivity index (χ3v) is 4.72. The maximum Gasteiger partial charge on any atom is 0.406 e. The minimum Gasteiger partial charge on any atom is -0.481 e. The number of alkyl halides is 3. The highest BCUT2D eigenvalue weighted by Gasteiger charge is 2.64. The molecule has 0 radical (unpaired) electrons. The number of carbonyl (C=O) groups is 2. The predicted molar refractivity (Wildman–Crippen MR) is 66.6 cm³/mol. The van der Waals surface area contributed by atoms with Gasteiger partial charge in [-0.25, -0.2) is 4.79 Å². The van der Waals surface area contributed by atoms with Gasteiger partial charge in [0, 0.05) is 37.7 Å². The second-order valence-electron chi connectivity index (χ2n) is 4.94. The van der Waals surface area contributed by atoms with Gasteiger partial charge in [0.25, 0.3) is 0 Å². The van der Waals surface area contributed by atoms with E-state index in [9.17, 15) is 22.8 Å². The van der Waals surface area contributed by atoms with Crippen molar-refractivity contribution in [2.45, 2.75) is 12.6 Å². The Bertz CT molecular complexity index is 412. The van der Waals surface area contributed by atoms with E-state index in [2.05, 4.69) is 0 Å². The number of likely N-dealkylation sites (tertiary alicyclic amines) is 1. The van der Waals surface area contributed by atoms with Crippen LogP contribution in [0.25, 0.3) is 0 Å². The van der Waals surface area contributed by atoms with E-state index in [0.717, 1.165) is 16.4 Å². The fourth-order valence-corrected chi connectivity index (χ4v) is 3.36. The van der Waals surface area contributed by atoms with Crippen LogP contribution in [0, 0.1) is 5.41 Å². The van der Waals surface area contributed by atoms with Gasteiger partial charge in [0.15, 0.2) is 5.41 Å². The number of urea groups is 1. The lowest BCUT2D eigenvalue weighted by Gasteiger charge is -2.32. The SMILES string of the molecule is O=C(N1CCSCC1)N1CCC(C(=O)O)(C(F)(F)F)C1. The molecule has 0 saturated carbocycles. The molecule has 1 N–H and O–H groups in total. The van der Waals surface area contributed by atoms with Crippen LogP contribution in [0.4, 0.5) is 18.0 Å². The van der Waals surface area contributed by atoms with E-state index in [0.29, 0.717) is 13.1 Å². The molecular formula is C11H15F3N2O3S. The van der Waals surface area contributed by atoms with Crippen LogP contribution in [-0.4, -0.2) is 70.8 Å². The molecule has 20 heavy (non-hydrogen) atoms. The lowest BCUT2D eigenvalue weighted by molar-refractivity contribution is -0.227. The summed E-state index contributed by atoms with van der Waals surface area (Å²) < 4.78 is 39.0. The smallest absolute Gasteiger partial charge is 0.406 e. The fraction of sp³-hybridized carbons (Fsp3) is 0.818. The normalized spacial score (nSPS) is 27.8. The Morgan fingerprint density at radius 1 is 1.10 bits per heavy atom. The van der Waals surface area contributed by atoms with Crippen LogP contribution in [0.5, 0.6) is 0 Å². The fourth-order valence-electron chi connectivity index (χ4n) is 2.45. The molecule has 5 nitrogen and oxygen atoms in total. The van der Waals surface area contributed by atoms with E-state index in [-0.39, 0.29) is 6.54 Å². The summed E-state index contributed by atoms with van der Waals surface area (Å²) in [4.78, 5) is 25.7. The number of carbonyl (C=O) groups excluding carboxylic acids is 1. The van der Waals surface area contributed by atoms with Crippen LogP contribution in [0.2, 0.25) is 0 Å². The minimum absolute atomic E-state index is 0.172. The maximum absolute atomic E-state index is 13.0. The van der Waals surface area contributed by atoms with Crippen molar-refractivity contribution < 1.29 is 27.9 Å². The summed E-state index contributed by atoms with van der Waals surface area (Å²) in [6, 6.07) is -0.488. The first-order valence-corrected chi connectivity index (χ1v) is 7.35. The van der Waals surface area contributed by atoms with Crippen LogP contribution in [0.15, 0.2) is 0 Å². The van der Waals surface area contributed by atoms with E-state index in [4.69, 9.17) is 5.11 Å². The standard InChI is InChI=1S/C11H15F3N2O3S/c12-11(13,14)10(8(17)18)1-2-16(7-10)9(19)15-3-5-20-6-4-15/h1-7H2,(H,17,18). The Kier molecular flexibility index (Phi) is 4.08. The van der Waals surface area contributed by atoms with E-state index >= 15 is 0 Å². The summed E-state index contributed by atoms with van der Waals surface area (Å²) in [7, 11) is 0. The molecular weight excluding hydrogens is 297 g/mol. The van der Waals surface area contributed by atoms with Gasteiger partial charge in [0.2, 0.25) is 0 Å². The molecule has 0 aromatic heterocycles. The van der Waals surface area contributed by atoms with Crippen LogP contribution in [0.1, 0.15) is 6.42 Å². The van der Waals surface area contributed by atoms with Gasteiger partial charge in [-0.05, 0) is 6.42 Å². The lowest BCUT2D eigenvalue weighted by Crippen LogP contribution is -2.50.